The lowest BCUT2D eigenvalue weighted by atomic mass is 10.1. The van der Waals surface area contributed by atoms with Gasteiger partial charge in [-0.2, -0.15) is 0 Å². The van der Waals surface area contributed by atoms with E-state index in [1.54, 1.807) is 36.4 Å². The zero-order chi connectivity index (χ0) is 19.2. The molecule has 0 radical (unpaired) electrons. The summed E-state index contributed by atoms with van der Waals surface area (Å²) in [5.74, 6) is -0.822. The number of sulfonamides is 1. The first-order chi connectivity index (χ1) is 12.9. The number of hydrogen-bond acceptors (Lipinski definition) is 5. The summed E-state index contributed by atoms with van der Waals surface area (Å²) in [5.41, 5.74) is 2.11. The second kappa shape index (κ2) is 6.35. The lowest BCUT2D eigenvalue weighted by Crippen LogP contribution is -2.41. The minimum Gasteiger partial charge on any atom is -0.423 e. The van der Waals surface area contributed by atoms with Crippen LogP contribution >= 0.6 is 0 Å². The molecule has 1 aromatic heterocycles. The van der Waals surface area contributed by atoms with Gasteiger partial charge in [0.15, 0.2) is 0 Å². The van der Waals surface area contributed by atoms with Gasteiger partial charge in [0.1, 0.15) is 5.58 Å². The van der Waals surface area contributed by atoms with Gasteiger partial charge in [0, 0.05) is 17.0 Å². The first-order valence-electron chi connectivity index (χ1n) is 8.57. The summed E-state index contributed by atoms with van der Waals surface area (Å²) in [4.78, 5) is 24.8. The number of hydrogen-bond donors (Lipinski definition) is 0. The standard InChI is InChI=1S/C20H17NO5S/c1-2-13-7-8-16-15(10-19(22)26-18(16)9-13)11-21-20(23)17-6-4-3-5-14(17)12-27(21,24)25/h3-10H,2,11-12H2,1H3. The van der Waals surface area contributed by atoms with Gasteiger partial charge in [-0.15, -0.1) is 0 Å². The van der Waals surface area contributed by atoms with Crippen molar-refractivity contribution in [3.05, 3.63) is 81.2 Å². The molecule has 1 amide bonds. The lowest BCUT2D eigenvalue weighted by molar-refractivity contribution is 0.0849. The molecule has 0 fully saturated rings. The average molecular weight is 383 g/mol. The maximum atomic E-state index is 12.8. The third kappa shape index (κ3) is 3.04. The van der Waals surface area contributed by atoms with Crippen molar-refractivity contribution >= 4 is 26.9 Å². The van der Waals surface area contributed by atoms with Crippen LogP contribution in [0, 0.1) is 0 Å². The molecule has 2 heterocycles. The fraction of sp³-hybridized carbons (Fsp3) is 0.200. The molecule has 7 heteroatoms. The van der Waals surface area contributed by atoms with Crippen molar-refractivity contribution in [3.8, 4) is 0 Å². The molecule has 2 aromatic carbocycles. The van der Waals surface area contributed by atoms with Crippen LogP contribution in [0.5, 0.6) is 0 Å². The van der Waals surface area contributed by atoms with Crippen LogP contribution in [0.15, 0.2) is 57.7 Å². The monoisotopic (exact) mass is 383 g/mol. The van der Waals surface area contributed by atoms with Crippen molar-refractivity contribution in [1.29, 1.82) is 0 Å². The smallest absolute Gasteiger partial charge is 0.336 e. The Morgan fingerprint density at radius 1 is 1.07 bits per heavy atom. The molecule has 0 spiro atoms. The molecule has 0 aliphatic carbocycles. The highest BCUT2D eigenvalue weighted by atomic mass is 32.2. The van der Waals surface area contributed by atoms with Crippen LogP contribution in [0.1, 0.15) is 34.0 Å². The predicted molar refractivity (Wildman–Crippen MR) is 101 cm³/mol. The zero-order valence-electron chi connectivity index (χ0n) is 14.6. The van der Waals surface area contributed by atoms with Crippen LogP contribution in [0.25, 0.3) is 11.0 Å². The number of fused-ring (bicyclic) bond motifs is 2. The molecule has 0 bridgehead atoms. The fourth-order valence-corrected chi connectivity index (χ4v) is 4.83. The molecule has 4 rings (SSSR count). The maximum absolute atomic E-state index is 12.8. The van der Waals surface area contributed by atoms with Crippen LogP contribution in [0.4, 0.5) is 0 Å². The summed E-state index contributed by atoms with van der Waals surface area (Å²) in [5, 5.41) is 0.619. The molecular weight excluding hydrogens is 366 g/mol. The highest BCUT2D eigenvalue weighted by Crippen LogP contribution is 2.28. The summed E-state index contributed by atoms with van der Waals surface area (Å²) >= 11 is 0. The number of nitrogens with zero attached hydrogens (tertiary/aromatic N) is 1. The van der Waals surface area contributed by atoms with Crippen molar-refractivity contribution in [2.24, 2.45) is 0 Å². The van der Waals surface area contributed by atoms with Gasteiger partial charge in [-0.3, -0.25) is 4.79 Å². The number of carbonyl (C=O) groups is 1. The molecule has 6 nitrogen and oxygen atoms in total. The molecule has 1 aliphatic rings. The van der Waals surface area contributed by atoms with E-state index in [9.17, 15) is 18.0 Å². The van der Waals surface area contributed by atoms with Gasteiger partial charge < -0.3 is 4.42 Å². The van der Waals surface area contributed by atoms with E-state index < -0.39 is 21.6 Å². The Kier molecular flexibility index (Phi) is 4.11. The largest absolute Gasteiger partial charge is 0.423 e. The normalized spacial score (nSPS) is 15.7. The molecule has 0 N–H and O–H groups in total. The molecule has 138 valence electrons. The van der Waals surface area contributed by atoms with Gasteiger partial charge in [0.2, 0.25) is 10.0 Å². The second-order valence-electron chi connectivity index (χ2n) is 6.50. The first kappa shape index (κ1) is 17.5. The summed E-state index contributed by atoms with van der Waals surface area (Å²) in [6.45, 7) is 1.78. The van der Waals surface area contributed by atoms with E-state index in [-0.39, 0.29) is 12.3 Å². The lowest BCUT2D eigenvalue weighted by Gasteiger charge is -2.28. The highest BCUT2D eigenvalue weighted by Gasteiger charge is 2.36. The first-order valence-corrected chi connectivity index (χ1v) is 10.2. The molecule has 0 saturated carbocycles. The van der Waals surface area contributed by atoms with Crippen LogP contribution in [0.2, 0.25) is 0 Å². The van der Waals surface area contributed by atoms with E-state index in [2.05, 4.69) is 0 Å². The van der Waals surface area contributed by atoms with Gasteiger partial charge in [-0.1, -0.05) is 37.3 Å². The van der Waals surface area contributed by atoms with E-state index in [4.69, 9.17) is 4.42 Å². The van der Waals surface area contributed by atoms with E-state index in [1.807, 2.05) is 13.0 Å². The molecule has 1 aliphatic heterocycles. The van der Waals surface area contributed by atoms with E-state index in [0.29, 0.717) is 27.7 Å². The Morgan fingerprint density at radius 2 is 1.85 bits per heavy atom. The SMILES string of the molecule is CCc1ccc2c(CN3C(=O)c4ccccc4CS3(=O)=O)cc(=O)oc2c1. The second-order valence-corrected chi connectivity index (χ2v) is 8.39. The van der Waals surface area contributed by atoms with Gasteiger partial charge >= 0.3 is 5.63 Å². The quantitative estimate of drug-likeness (QED) is 0.650. The average Bonchev–Trinajstić information content (AvgIpc) is 2.64. The summed E-state index contributed by atoms with van der Waals surface area (Å²) in [6.07, 6.45) is 0.777. The van der Waals surface area contributed by atoms with Crippen LogP contribution in [-0.4, -0.2) is 18.6 Å². The van der Waals surface area contributed by atoms with Crippen molar-refractivity contribution in [2.75, 3.05) is 0 Å². The van der Waals surface area contributed by atoms with E-state index >= 15 is 0 Å². The van der Waals surface area contributed by atoms with Crippen molar-refractivity contribution in [3.63, 3.8) is 0 Å². The number of rotatable bonds is 3. The Labute approximate surface area is 156 Å². The summed E-state index contributed by atoms with van der Waals surface area (Å²) < 4.78 is 31.5. The zero-order valence-corrected chi connectivity index (χ0v) is 15.5. The van der Waals surface area contributed by atoms with Gasteiger partial charge in [-0.05, 0) is 35.2 Å². The van der Waals surface area contributed by atoms with Gasteiger partial charge in [0.25, 0.3) is 5.91 Å². The van der Waals surface area contributed by atoms with Crippen molar-refractivity contribution < 1.29 is 17.6 Å². The summed E-state index contributed by atoms with van der Waals surface area (Å²) in [7, 11) is -3.83. The molecule has 3 aromatic rings. The Bertz CT molecular complexity index is 1230. The molecule has 0 unspecified atom stereocenters. The topological polar surface area (TPSA) is 84.7 Å². The number of carbonyl (C=O) groups excluding carboxylic acids is 1. The third-order valence-electron chi connectivity index (χ3n) is 4.76. The van der Waals surface area contributed by atoms with Crippen LogP contribution in [0.3, 0.4) is 0 Å². The highest BCUT2D eigenvalue weighted by molar-refractivity contribution is 7.89. The Hall–Kier alpha value is -2.93. The van der Waals surface area contributed by atoms with E-state index in [1.165, 1.54) is 6.07 Å². The van der Waals surface area contributed by atoms with Crippen molar-refractivity contribution in [2.45, 2.75) is 25.6 Å². The van der Waals surface area contributed by atoms with E-state index in [0.717, 1.165) is 16.3 Å². The predicted octanol–water partition coefficient (Wildman–Crippen LogP) is 2.84. The molecule has 0 saturated heterocycles. The van der Waals surface area contributed by atoms with Crippen LogP contribution < -0.4 is 5.63 Å². The third-order valence-corrected chi connectivity index (χ3v) is 6.41. The Balaban J connectivity index is 1.82. The van der Waals surface area contributed by atoms with Crippen LogP contribution in [-0.2, 0) is 28.7 Å². The number of aryl methyl sites for hydroxylation is 1. The molecule has 27 heavy (non-hydrogen) atoms. The summed E-state index contributed by atoms with van der Waals surface area (Å²) in [6, 6.07) is 13.4. The number of benzene rings is 2. The Morgan fingerprint density at radius 3 is 2.63 bits per heavy atom. The minimum absolute atomic E-state index is 0.205. The number of amides is 1. The maximum Gasteiger partial charge on any atom is 0.336 e. The van der Waals surface area contributed by atoms with Crippen molar-refractivity contribution in [1.82, 2.24) is 4.31 Å². The fourth-order valence-electron chi connectivity index (χ4n) is 3.34. The van der Waals surface area contributed by atoms with Gasteiger partial charge in [0.05, 0.1) is 12.3 Å². The minimum atomic E-state index is -3.83. The van der Waals surface area contributed by atoms with Gasteiger partial charge in [-0.25, -0.2) is 17.5 Å². The molecular formula is C20H17NO5S. The molecule has 0 atom stereocenters.